The van der Waals surface area contributed by atoms with Crippen molar-refractivity contribution in [2.45, 2.75) is 26.6 Å². The first-order valence-electron chi connectivity index (χ1n) is 4.31. The van der Waals surface area contributed by atoms with Crippen molar-refractivity contribution < 1.29 is 19.4 Å². The number of hydrogen-bond acceptors (Lipinski definition) is 3. The van der Waals surface area contributed by atoms with Gasteiger partial charge in [-0.05, 0) is 6.92 Å². The third kappa shape index (κ3) is 6.42. The number of hydrogen-bond donors (Lipinski definition) is 1. The first-order valence-corrected chi connectivity index (χ1v) is 8.01. The van der Waals surface area contributed by atoms with Gasteiger partial charge in [-0.3, -0.25) is 0 Å². The Hall–Kier alpha value is -1.10. The largest absolute Gasteiger partial charge is 0.478 e. The summed E-state index contributed by atoms with van der Waals surface area (Å²) >= 11 is 0. The fraction of sp³-hybridized carbons (Fsp3) is 0.556. The van der Waals surface area contributed by atoms with Crippen molar-refractivity contribution in [3.05, 3.63) is 11.6 Å². The quantitative estimate of drug-likeness (QED) is 0.439. The van der Waals surface area contributed by atoms with Crippen LogP contribution < -0.4 is 0 Å². The third-order valence-electron chi connectivity index (χ3n) is 1.30. The number of ether oxygens (including phenoxy) is 1. The number of carboxylic acid groups (broad SMARTS) is 1. The van der Waals surface area contributed by atoms with E-state index in [4.69, 9.17) is 9.84 Å². The summed E-state index contributed by atoms with van der Waals surface area (Å²) in [6, 6.07) is 0. The van der Waals surface area contributed by atoms with Crippen molar-refractivity contribution in [3.63, 3.8) is 0 Å². The van der Waals surface area contributed by atoms with Gasteiger partial charge in [0.05, 0.1) is 14.3 Å². The van der Waals surface area contributed by atoms with Gasteiger partial charge in [0.2, 0.25) is 0 Å². The molecule has 0 aliphatic heterocycles. The molecule has 0 amide bonds. The zero-order valence-electron chi connectivity index (χ0n) is 8.96. The molecule has 0 saturated carbocycles. The highest BCUT2D eigenvalue weighted by Gasteiger charge is 2.17. The van der Waals surface area contributed by atoms with Crippen LogP contribution in [0.4, 0.5) is 0 Å². The van der Waals surface area contributed by atoms with Crippen LogP contribution in [0.3, 0.4) is 0 Å². The summed E-state index contributed by atoms with van der Waals surface area (Å²) in [6.07, 6.45) is 1.27. The van der Waals surface area contributed by atoms with Crippen molar-refractivity contribution in [3.8, 4) is 0 Å². The number of aliphatic carboxylic acids is 1. The number of rotatable bonds is 4. The molecule has 0 saturated heterocycles. The summed E-state index contributed by atoms with van der Waals surface area (Å²) in [5.41, 5.74) is 0.121. The van der Waals surface area contributed by atoms with Crippen LogP contribution in [0, 0.1) is 0 Å². The Morgan fingerprint density at radius 1 is 1.36 bits per heavy atom. The third-order valence-corrected chi connectivity index (χ3v) is 2.31. The van der Waals surface area contributed by atoms with Crippen molar-refractivity contribution in [1.29, 1.82) is 0 Å². The summed E-state index contributed by atoms with van der Waals surface area (Å²) < 4.78 is 4.96. The minimum absolute atomic E-state index is 0.121. The number of esters is 1. The topological polar surface area (TPSA) is 63.6 Å². The van der Waals surface area contributed by atoms with Crippen LogP contribution in [0.5, 0.6) is 0 Å². The van der Waals surface area contributed by atoms with Gasteiger partial charge in [0.1, 0.15) is 0 Å². The van der Waals surface area contributed by atoms with E-state index in [0.717, 1.165) is 6.08 Å². The maximum absolute atomic E-state index is 11.2. The molecule has 0 bridgehead atoms. The lowest BCUT2D eigenvalue weighted by atomic mass is 10.3. The van der Waals surface area contributed by atoms with E-state index in [1.54, 1.807) is 0 Å². The molecule has 0 heterocycles. The summed E-state index contributed by atoms with van der Waals surface area (Å²) in [6.45, 7) is 7.63. The summed E-state index contributed by atoms with van der Waals surface area (Å²) in [4.78, 5) is 21.4. The van der Waals surface area contributed by atoms with E-state index in [2.05, 4.69) is 19.6 Å². The second-order valence-corrected chi connectivity index (χ2v) is 9.71. The molecule has 0 rings (SSSR count). The van der Waals surface area contributed by atoms with Gasteiger partial charge in [-0.1, -0.05) is 19.6 Å². The van der Waals surface area contributed by atoms with Gasteiger partial charge in [-0.15, -0.1) is 0 Å². The minimum atomic E-state index is -1.42. The summed E-state index contributed by atoms with van der Waals surface area (Å²) in [5, 5.41) is 8.39. The molecule has 0 atom stereocenters. The van der Waals surface area contributed by atoms with Crippen LogP contribution >= 0.6 is 0 Å². The van der Waals surface area contributed by atoms with E-state index < -0.39 is 20.0 Å². The molecule has 4 nitrogen and oxygen atoms in total. The van der Waals surface area contributed by atoms with E-state index in [0.29, 0.717) is 6.23 Å². The predicted molar refractivity (Wildman–Crippen MR) is 55.7 cm³/mol. The van der Waals surface area contributed by atoms with E-state index in [9.17, 15) is 9.59 Å². The van der Waals surface area contributed by atoms with Gasteiger partial charge in [0.25, 0.3) is 0 Å². The average molecular weight is 216 g/mol. The van der Waals surface area contributed by atoms with E-state index in [1.165, 1.54) is 6.92 Å². The standard InChI is InChI=1S/C9H16O4Si/c1-7(5-8(10)11)9(12)13-6-14(2,3)4/h5H,6H2,1-4H3,(H,10,11)/b7-5-. The van der Waals surface area contributed by atoms with Crippen LogP contribution in [0.25, 0.3) is 0 Å². The second-order valence-electron chi connectivity index (χ2n) is 4.30. The molecular formula is C9H16O4Si. The van der Waals surface area contributed by atoms with Crippen LogP contribution in [0.15, 0.2) is 11.6 Å². The number of carboxylic acids is 1. The van der Waals surface area contributed by atoms with Crippen LogP contribution in [0.1, 0.15) is 6.92 Å². The molecule has 5 heteroatoms. The normalized spacial score (nSPS) is 12.4. The molecule has 0 aromatic heterocycles. The smallest absolute Gasteiger partial charge is 0.333 e. The van der Waals surface area contributed by atoms with Crippen molar-refractivity contribution in [2.24, 2.45) is 0 Å². The summed E-state index contributed by atoms with van der Waals surface area (Å²) in [5.74, 6) is -1.68. The summed E-state index contributed by atoms with van der Waals surface area (Å²) in [7, 11) is -1.42. The molecule has 0 aromatic carbocycles. The second kappa shape index (κ2) is 4.95. The molecular weight excluding hydrogens is 200 g/mol. The van der Waals surface area contributed by atoms with E-state index in [-0.39, 0.29) is 5.57 Å². The molecule has 0 spiro atoms. The van der Waals surface area contributed by atoms with Crippen molar-refractivity contribution in [1.82, 2.24) is 0 Å². The zero-order chi connectivity index (χ0) is 11.4. The van der Waals surface area contributed by atoms with Gasteiger partial charge in [0, 0.05) is 11.6 Å². The lowest BCUT2D eigenvalue weighted by molar-refractivity contribution is -0.138. The lowest BCUT2D eigenvalue weighted by Gasteiger charge is -2.15. The first-order chi connectivity index (χ1) is 6.22. The Kier molecular flexibility index (Phi) is 4.56. The molecule has 0 aliphatic carbocycles. The fourth-order valence-electron chi connectivity index (χ4n) is 0.640. The Morgan fingerprint density at radius 2 is 1.86 bits per heavy atom. The van der Waals surface area contributed by atoms with E-state index in [1.807, 2.05) is 0 Å². The first kappa shape index (κ1) is 12.9. The Morgan fingerprint density at radius 3 is 2.21 bits per heavy atom. The van der Waals surface area contributed by atoms with Crippen molar-refractivity contribution in [2.75, 3.05) is 6.23 Å². The highest BCUT2D eigenvalue weighted by molar-refractivity contribution is 6.76. The molecule has 0 radical (unpaired) electrons. The van der Waals surface area contributed by atoms with Gasteiger partial charge in [-0.2, -0.15) is 0 Å². The molecule has 14 heavy (non-hydrogen) atoms. The zero-order valence-corrected chi connectivity index (χ0v) is 9.96. The Bertz CT molecular complexity index is 262. The van der Waals surface area contributed by atoms with Crippen LogP contribution in [0.2, 0.25) is 19.6 Å². The monoisotopic (exact) mass is 216 g/mol. The van der Waals surface area contributed by atoms with Gasteiger partial charge >= 0.3 is 11.9 Å². The number of carbonyl (C=O) groups is 2. The van der Waals surface area contributed by atoms with Crippen LogP contribution in [-0.2, 0) is 14.3 Å². The van der Waals surface area contributed by atoms with Gasteiger partial charge < -0.3 is 9.84 Å². The van der Waals surface area contributed by atoms with Crippen molar-refractivity contribution >= 4 is 20.0 Å². The SMILES string of the molecule is C/C(=C/C(=O)O)C(=O)OC[Si](C)(C)C. The highest BCUT2D eigenvalue weighted by atomic mass is 28.3. The average Bonchev–Trinajstić information content (AvgIpc) is 1.97. The van der Waals surface area contributed by atoms with Crippen LogP contribution in [-0.4, -0.2) is 31.3 Å². The lowest BCUT2D eigenvalue weighted by Crippen LogP contribution is -2.30. The Balaban J connectivity index is 4.17. The molecule has 0 fully saturated rings. The maximum atomic E-state index is 11.2. The number of carbonyl (C=O) groups excluding carboxylic acids is 1. The maximum Gasteiger partial charge on any atom is 0.333 e. The molecule has 80 valence electrons. The highest BCUT2D eigenvalue weighted by Crippen LogP contribution is 2.03. The van der Waals surface area contributed by atoms with Gasteiger partial charge in [0.15, 0.2) is 0 Å². The predicted octanol–water partition coefficient (Wildman–Crippen LogP) is 1.44. The molecule has 0 unspecified atom stereocenters. The molecule has 0 aliphatic rings. The molecule has 0 aromatic rings. The van der Waals surface area contributed by atoms with Gasteiger partial charge in [-0.25, -0.2) is 9.59 Å². The minimum Gasteiger partial charge on any atom is -0.478 e. The fourth-order valence-corrected chi connectivity index (χ4v) is 1.20. The van der Waals surface area contributed by atoms with E-state index >= 15 is 0 Å². The molecule has 1 N–H and O–H groups in total. The Labute approximate surface area is 84.6 Å².